The van der Waals surface area contributed by atoms with Gasteiger partial charge in [-0.3, -0.25) is 14.6 Å². The van der Waals surface area contributed by atoms with Gasteiger partial charge in [0.25, 0.3) is 0 Å². The fourth-order valence-electron chi connectivity index (χ4n) is 3.79. The summed E-state index contributed by atoms with van der Waals surface area (Å²) in [6.07, 6.45) is 4.12. The van der Waals surface area contributed by atoms with Gasteiger partial charge in [-0.15, -0.1) is 0 Å². The molecule has 1 atom stereocenters. The van der Waals surface area contributed by atoms with Gasteiger partial charge in [0.1, 0.15) is 6.29 Å². The summed E-state index contributed by atoms with van der Waals surface area (Å²) in [6.45, 7) is 3.71. The molecule has 1 unspecified atom stereocenters. The number of ether oxygens (including phenoxy) is 2. The smallest absolute Gasteiger partial charge is 0.312 e. The van der Waals surface area contributed by atoms with Gasteiger partial charge in [-0.05, 0) is 47.1 Å². The molecule has 172 valence electrons. The summed E-state index contributed by atoms with van der Waals surface area (Å²) >= 11 is 0. The normalized spacial score (nSPS) is 14.2. The molecule has 1 aliphatic rings. The zero-order valence-corrected chi connectivity index (χ0v) is 19.8. The molecule has 0 radical (unpaired) electrons. The monoisotopic (exact) mass is 447 g/mol. The molecule has 4 rings (SSSR count). The number of fused-ring (bicyclic) bond motifs is 2. The van der Waals surface area contributed by atoms with Gasteiger partial charge in [0.2, 0.25) is 5.88 Å². The first-order valence-corrected chi connectivity index (χ1v) is 10.6. The number of hydrogen-bond acceptors (Lipinski definition) is 7. The van der Waals surface area contributed by atoms with Crippen molar-refractivity contribution in [3.05, 3.63) is 71.5 Å². The number of aromatic nitrogens is 2. The van der Waals surface area contributed by atoms with Crippen LogP contribution in [0.5, 0.6) is 11.6 Å². The van der Waals surface area contributed by atoms with E-state index in [-0.39, 0.29) is 11.9 Å². The Labute approximate surface area is 194 Å². The van der Waals surface area contributed by atoms with Crippen molar-refractivity contribution in [2.75, 3.05) is 28.3 Å². The van der Waals surface area contributed by atoms with Gasteiger partial charge < -0.3 is 14.4 Å². The summed E-state index contributed by atoms with van der Waals surface area (Å²) in [6, 6.07) is 12.9. The van der Waals surface area contributed by atoms with Crippen LogP contribution in [0.1, 0.15) is 41.3 Å². The maximum absolute atomic E-state index is 12.6. The first kappa shape index (κ1) is 24.1. The molecule has 0 bridgehead atoms. The molecule has 1 aliphatic heterocycles. The number of esters is 1. The second-order valence-corrected chi connectivity index (χ2v) is 8.83. The molecule has 0 aliphatic carbocycles. The van der Waals surface area contributed by atoms with Crippen molar-refractivity contribution in [3.63, 3.8) is 0 Å². The molecule has 7 heteroatoms. The predicted octanol–water partition coefficient (Wildman–Crippen LogP) is 4.57. The Morgan fingerprint density at radius 2 is 1.73 bits per heavy atom. The van der Waals surface area contributed by atoms with Gasteiger partial charge in [-0.2, -0.15) is 0 Å². The molecule has 0 N–H and O–H groups in total. The molecule has 0 spiro atoms. The van der Waals surface area contributed by atoms with Crippen LogP contribution < -0.4 is 4.74 Å². The van der Waals surface area contributed by atoms with E-state index in [2.05, 4.69) is 4.98 Å². The number of carbonyl (C=O) groups excluding carboxylic acids is 2. The summed E-state index contributed by atoms with van der Waals surface area (Å²) in [5, 5.41) is 0. The van der Waals surface area contributed by atoms with E-state index >= 15 is 0 Å². The lowest BCUT2D eigenvalue weighted by Gasteiger charge is -2.36. The molecule has 0 saturated heterocycles. The quantitative estimate of drug-likeness (QED) is 0.428. The van der Waals surface area contributed by atoms with Gasteiger partial charge in [-0.1, -0.05) is 30.3 Å². The zero-order chi connectivity index (χ0) is 24.2. The van der Waals surface area contributed by atoms with Gasteiger partial charge >= 0.3 is 5.97 Å². The summed E-state index contributed by atoms with van der Waals surface area (Å²) < 4.78 is 11.1. The summed E-state index contributed by atoms with van der Waals surface area (Å²) in [5.41, 5.74) is 3.02. The number of aldehydes is 1. The van der Waals surface area contributed by atoms with Crippen molar-refractivity contribution in [3.8, 4) is 22.9 Å². The minimum Gasteiger partial charge on any atom is -0.469 e. The molecule has 7 nitrogen and oxygen atoms in total. The van der Waals surface area contributed by atoms with E-state index in [4.69, 9.17) is 14.5 Å². The number of methoxy groups -OCH3 is 1. The molecule has 3 heterocycles. The number of nitrogens with zero attached hydrogens (tertiary/aromatic N) is 3. The van der Waals surface area contributed by atoms with Crippen LogP contribution in [0.4, 0.5) is 0 Å². The highest BCUT2D eigenvalue weighted by Gasteiger charge is 2.45. The van der Waals surface area contributed by atoms with E-state index in [0.29, 0.717) is 22.9 Å². The number of carbonyl (C=O) groups is 2. The van der Waals surface area contributed by atoms with Crippen LogP contribution in [-0.4, -0.2) is 55.4 Å². The van der Waals surface area contributed by atoms with Crippen LogP contribution in [0.2, 0.25) is 0 Å². The van der Waals surface area contributed by atoms with Gasteiger partial charge in [-0.25, -0.2) is 4.98 Å². The summed E-state index contributed by atoms with van der Waals surface area (Å²) in [4.78, 5) is 34.3. The van der Waals surface area contributed by atoms with Crippen molar-refractivity contribution in [1.29, 1.82) is 0 Å². The SMILES string of the molecule is CN(C)C.COC(=O)C(C)(C)C1c2ccncc2Oc2nc(-c3ccc(C=O)cc3)ccc21. The van der Waals surface area contributed by atoms with E-state index in [0.717, 1.165) is 23.0 Å². The fraction of sp³-hybridized carbons (Fsp3) is 0.308. The Morgan fingerprint density at radius 3 is 2.33 bits per heavy atom. The van der Waals surface area contributed by atoms with Crippen molar-refractivity contribution in [2.24, 2.45) is 5.41 Å². The van der Waals surface area contributed by atoms with E-state index in [1.54, 1.807) is 24.5 Å². The second-order valence-electron chi connectivity index (χ2n) is 8.83. The van der Waals surface area contributed by atoms with Crippen molar-refractivity contribution in [2.45, 2.75) is 19.8 Å². The third-order valence-electron chi connectivity index (χ3n) is 5.31. The molecule has 0 fully saturated rings. The maximum Gasteiger partial charge on any atom is 0.312 e. The third-order valence-corrected chi connectivity index (χ3v) is 5.31. The Bertz CT molecular complexity index is 1140. The fourth-order valence-corrected chi connectivity index (χ4v) is 3.79. The highest BCUT2D eigenvalue weighted by Crippen LogP contribution is 2.51. The lowest BCUT2D eigenvalue weighted by atomic mass is 9.70. The molecule has 2 aromatic heterocycles. The second kappa shape index (κ2) is 9.92. The van der Waals surface area contributed by atoms with Crippen LogP contribution >= 0.6 is 0 Å². The lowest BCUT2D eigenvalue weighted by Crippen LogP contribution is -2.35. The predicted molar refractivity (Wildman–Crippen MR) is 127 cm³/mol. The Balaban J connectivity index is 0.000000709. The van der Waals surface area contributed by atoms with Crippen molar-refractivity contribution < 1.29 is 19.1 Å². The average molecular weight is 448 g/mol. The third kappa shape index (κ3) is 5.09. The van der Waals surface area contributed by atoms with Gasteiger partial charge in [0.05, 0.1) is 24.4 Å². The number of benzene rings is 1. The standard InChI is InChI=1S/C23H20N2O4.C3H9N/c1-23(2,22(27)28-3)20-16-10-11-24-12-19(16)29-21-17(20)8-9-18(25-21)15-6-4-14(13-26)5-7-15;1-4(2)3/h4-13,20H,1-3H3;1-3H3. The van der Waals surface area contributed by atoms with Crippen LogP contribution in [0.15, 0.2) is 54.9 Å². The first-order valence-electron chi connectivity index (χ1n) is 10.6. The zero-order valence-electron chi connectivity index (χ0n) is 19.8. The number of rotatable bonds is 4. The van der Waals surface area contributed by atoms with E-state index in [1.165, 1.54) is 7.11 Å². The minimum absolute atomic E-state index is 0.296. The average Bonchev–Trinajstić information content (AvgIpc) is 2.81. The van der Waals surface area contributed by atoms with Gasteiger partial charge in [0, 0.05) is 34.4 Å². The molecular weight excluding hydrogens is 418 g/mol. The van der Waals surface area contributed by atoms with Crippen LogP contribution in [0.3, 0.4) is 0 Å². The largest absolute Gasteiger partial charge is 0.469 e. The highest BCUT2D eigenvalue weighted by atomic mass is 16.5. The minimum atomic E-state index is -0.835. The molecule has 0 amide bonds. The topological polar surface area (TPSA) is 81.6 Å². The summed E-state index contributed by atoms with van der Waals surface area (Å²) in [7, 11) is 7.39. The van der Waals surface area contributed by atoms with Gasteiger partial charge in [0.15, 0.2) is 5.75 Å². The molecule has 0 saturated carbocycles. The molecular formula is C26H29N3O4. The van der Waals surface area contributed by atoms with E-state index in [9.17, 15) is 9.59 Å². The Hall–Kier alpha value is -3.58. The van der Waals surface area contributed by atoms with Crippen LogP contribution in [0, 0.1) is 5.41 Å². The van der Waals surface area contributed by atoms with Crippen LogP contribution in [-0.2, 0) is 9.53 Å². The summed E-state index contributed by atoms with van der Waals surface area (Å²) in [5.74, 6) is 0.398. The van der Waals surface area contributed by atoms with E-state index in [1.807, 2.05) is 70.2 Å². The first-order chi connectivity index (χ1) is 15.7. The number of pyridine rings is 2. The van der Waals surface area contributed by atoms with Crippen LogP contribution in [0.25, 0.3) is 11.3 Å². The molecule has 33 heavy (non-hydrogen) atoms. The number of hydrogen-bond donors (Lipinski definition) is 0. The Morgan fingerprint density at radius 1 is 1.06 bits per heavy atom. The van der Waals surface area contributed by atoms with Crippen molar-refractivity contribution >= 4 is 12.3 Å². The lowest BCUT2D eigenvalue weighted by molar-refractivity contribution is -0.151. The highest BCUT2D eigenvalue weighted by molar-refractivity contribution is 5.79. The molecule has 1 aromatic carbocycles. The van der Waals surface area contributed by atoms with Crippen molar-refractivity contribution in [1.82, 2.24) is 14.9 Å². The Kier molecular flexibility index (Phi) is 7.23. The maximum atomic E-state index is 12.6. The molecule has 3 aromatic rings. The van der Waals surface area contributed by atoms with E-state index < -0.39 is 5.41 Å².